The molecule has 2 aliphatic rings. The van der Waals surface area contributed by atoms with Gasteiger partial charge in [0.1, 0.15) is 18.0 Å². The molecule has 1 heterocycles. The molecular weight excluding hydrogens is 740 g/mol. The zero-order chi connectivity index (χ0) is 40.8. The number of rotatable bonds is 20. The van der Waals surface area contributed by atoms with Crippen molar-refractivity contribution >= 4 is 58.6 Å². The second kappa shape index (κ2) is 21.2. The number of carbonyl (C=O) groups excluding carboxylic acids is 6. The Morgan fingerprint density at radius 1 is 0.982 bits per heavy atom. The first-order chi connectivity index (χ1) is 26.8. The minimum Gasteiger partial charge on any atom is -0.481 e. The van der Waals surface area contributed by atoms with Crippen LogP contribution < -0.4 is 21.7 Å². The van der Waals surface area contributed by atoms with Crippen molar-refractivity contribution in [1.82, 2.24) is 25.8 Å². The van der Waals surface area contributed by atoms with Crippen molar-refractivity contribution in [2.24, 2.45) is 11.7 Å². The average molecular weight is 793 g/mol. The molecule has 1 aliphatic heterocycles. The van der Waals surface area contributed by atoms with E-state index in [4.69, 9.17) is 17.3 Å². The molecule has 2 aromatic rings. The van der Waals surface area contributed by atoms with Crippen LogP contribution in [-0.4, -0.2) is 100 Å². The van der Waals surface area contributed by atoms with Crippen LogP contribution in [0.1, 0.15) is 80.0 Å². The normalized spacial score (nSPS) is 16.4. The van der Waals surface area contributed by atoms with Gasteiger partial charge in [-0.25, -0.2) is 4.79 Å². The Balaban J connectivity index is 1.59. The fourth-order valence-electron chi connectivity index (χ4n) is 7.32. The summed E-state index contributed by atoms with van der Waals surface area (Å²) >= 11 is 5.68. The van der Waals surface area contributed by atoms with Gasteiger partial charge in [-0.2, -0.15) is 0 Å². The van der Waals surface area contributed by atoms with Crippen LogP contribution in [0.25, 0.3) is 5.57 Å². The molecule has 302 valence electrons. The van der Waals surface area contributed by atoms with E-state index in [-0.39, 0.29) is 56.9 Å². The van der Waals surface area contributed by atoms with E-state index in [2.05, 4.69) is 16.0 Å². The smallest absolute Gasteiger partial charge is 0.312 e. The fraction of sp³-hybridized carbons (Fsp3) is 0.488. The van der Waals surface area contributed by atoms with Crippen LogP contribution >= 0.6 is 11.6 Å². The van der Waals surface area contributed by atoms with E-state index in [1.807, 2.05) is 61.5 Å². The van der Waals surface area contributed by atoms with E-state index in [9.17, 15) is 38.7 Å². The number of nitrogens with zero attached hydrogens (tertiary/aromatic N) is 2. The molecule has 2 aromatic carbocycles. The molecule has 1 fully saturated rings. The van der Waals surface area contributed by atoms with Crippen molar-refractivity contribution in [1.29, 1.82) is 0 Å². The van der Waals surface area contributed by atoms with Crippen molar-refractivity contribution in [3.05, 3.63) is 76.9 Å². The van der Waals surface area contributed by atoms with E-state index in [0.29, 0.717) is 32.2 Å². The highest BCUT2D eigenvalue weighted by Gasteiger charge is 2.38. The van der Waals surface area contributed by atoms with Crippen molar-refractivity contribution in [2.45, 2.75) is 95.8 Å². The highest BCUT2D eigenvalue weighted by atomic mass is 35.5. The molecule has 15 heteroatoms. The summed E-state index contributed by atoms with van der Waals surface area (Å²) in [6.45, 7) is 2.69. The van der Waals surface area contributed by atoms with Crippen molar-refractivity contribution in [2.75, 3.05) is 26.0 Å². The zero-order valence-electron chi connectivity index (χ0n) is 32.1. The van der Waals surface area contributed by atoms with Gasteiger partial charge in [0, 0.05) is 51.9 Å². The quantitative estimate of drug-likeness (QED) is 0.0989. The SMILES string of the molecule is Cc1ccc(CN(C)C(=O)[C@H](CCCNC(N)=O)CC(=O)[C@H](CC2=CCc3ccccc32)NC(=O)[C@@H]2CCCCN2C(=O)[C@H](CCC(=O)O)NC(=O)CCl)cc1. The summed E-state index contributed by atoms with van der Waals surface area (Å²) in [6, 6.07) is 11.6. The number of halogens is 1. The van der Waals surface area contributed by atoms with Gasteiger partial charge in [0.2, 0.25) is 23.6 Å². The number of alkyl halides is 1. The molecule has 0 aromatic heterocycles. The van der Waals surface area contributed by atoms with Gasteiger partial charge in [0.15, 0.2) is 5.78 Å². The van der Waals surface area contributed by atoms with Crippen LogP contribution in [0.4, 0.5) is 4.79 Å². The molecule has 0 spiro atoms. The Labute approximate surface area is 332 Å². The molecule has 1 aliphatic carbocycles. The van der Waals surface area contributed by atoms with Crippen LogP contribution in [0.5, 0.6) is 0 Å². The molecular formula is C41H53ClN6O8. The first-order valence-corrected chi connectivity index (χ1v) is 19.6. The van der Waals surface area contributed by atoms with Gasteiger partial charge in [0.25, 0.3) is 0 Å². The Bertz CT molecular complexity index is 1780. The van der Waals surface area contributed by atoms with Gasteiger partial charge in [-0.15, -0.1) is 11.6 Å². The standard InChI is InChI=1S/C41H53ClN6O8/c1-26-12-14-27(15-13-26)25-47(2)39(54)30(9-7-20-44-41(43)56)23-35(49)33(22-29-17-16-28-8-3-4-10-31(28)29)46-38(53)34-11-5-6-21-48(34)40(55)32(18-19-37(51)52)45-36(50)24-42/h3-4,8,10,12-15,17,30,32-34H,5-7,9,11,16,18-25H2,1-2H3,(H,45,50)(H,46,53)(H,51,52)(H3,43,44,56)/t30-,32+,33+,34+/m1/s1. The first-order valence-electron chi connectivity index (χ1n) is 19.1. The van der Waals surface area contributed by atoms with Crippen LogP contribution in [0.2, 0.25) is 0 Å². The number of piperidine rings is 1. The predicted octanol–water partition coefficient (Wildman–Crippen LogP) is 3.46. The Hall–Kier alpha value is -5.24. The summed E-state index contributed by atoms with van der Waals surface area (Å²) in [6.07, 6.45) is 4.20. The lowest BCUT2D eigenvalue weighted by Gasteiger charge is -2.37. The Morgan fingerprint density at radius 3 is 2.41 bits per heavy atom. The van der Waals surface area contributed by atoms with Gasteiger partial charge < -0.3 is 36.6 Å². The van der Waals surface area contributed by atoms with Gasteiger partial charge in [-0.05, 0) is 74.1 Å². The van der Waals surface area contributed by atoms with E-state index < -0.39 is 66.1 Å². The van der Waals surface area contributed by atoms with Gasteiger partial charge >= 0.3 is 12.0 Å². The van der Waals surface area contributed by atoms with Gasteiger partial charge in [-0.3, -0.25) is 28.8 Å². The Kier molecular flexibility index (Phi) is 16.4. The van der Waals surface area contributed by atoms with Gasteiger partial charge in [0.05, 0.1) is 6.04 Å². The average Bonchev–Trinajstić information content (AvgIpc) is 3.59. The number of primary amides is 1. The fourth-order valence-corrected chi connectivity index (χ4v) is 7.40. The second-order valence-corrected chi connectivity index (χ2v) is 14.8. The highest BCUT2D eigenvalue weighted by Crippen LogP contribution is 2.32. The number of carboxylic acids is 1. The third-order valence-corrected chi connectivity index (χ3v) is 10.5. The molecule has 14 nitrogen and oxygen atoms in total. The van der Waals surface area contributed by atoms with Gasteiger partial charge in [-0.1, -0.05) is 60.2 Å². The number of ketones is 1. The molecule has 0 radical (unpaired) electrons. The summed E-state index contributed by atoms with van der Waals surface area (Å²) < 4.78 is 0. The number of hydrogen-bond acceptors (Lipinski definition) is 7. The van der Waals surface area contributed by atoms with Crippen LogP contribution in [0.15, 0.2) is 54.6 Å². The van der Waals surface area contributed by atoms with E-state index in [0.717, 1.165) is 27.8 Å². The van der Waals surface area contributed by atoms with Crippen molar-refractivity contribution in [3.63, 3.8) is 0 Å². The predicted molar refractivity (Wildman–Crippen MR) is 211 cm³/mol. The summed E-state index contributed by atoms with van der Waals surface area (Å²) in [4.78, 5) is 94.4. The van der Waals surface area contributed by atoms with Crippen LogP contribution in [-0.2, 0) is 41.7 Å². The third kappa shape index (κ3) is 12.7. The topological polar surface area (TPSA) is 208 Å². The molecule has 0 unspecified atom stereocenters. The molecule has 1 saturated heterocycles. The number of nitrogens with one attached hydrogen (secondary N) is 3. The van der Waals surface area contributed by atoms with E-state index >= 15 is 0 Å². The number of carbonyl (C=O) groups is 7. The lowest BCUT2D eigenvalue weighted by Crippen LogP contribution is -2.59. The summed E-state index contributed by atoms with van der Waals surface area (Å²) in [7, 11) is 1.68. The minimum absolute atomic E-state index is 0.151. The number of aliphatic carboxylic acids is 1. The molecule has 4 rings (SSSR count). The van der Waals surface area contributed by atoms with Crippen molar-refractivity contribution in [3.8, 4) is 0 Å². The molecule has 0 saturated carbocycles. The lowest BCUT2D eigenvalue weighted by molar-refractivity contribution is -0.146. The molecule has 6 amide bonds. The summed E-state index contributed by atoms with van der Waals surface area (Å²) in [5.74, 6) is -4.80. The number of amides is 6. The van der Waals surface area contributed by atoms with Crippen LogP contribution in [0, 0.1) is 12.8 Å². The largest absolute Gasteiger partial charge is 0.481 e. The number of hydrogen-bond donors (Lipinski definition) is 5. The number of urea groups is 1. The maximum absolute atomic E-state index is 14.5. The number of benzene rings is 2. The molecule has 4 atom stereocenters. The Morgan fingerprint density at radius 2 is 1.71 bits per heavy atom. The number of fused-ring (bicyclic) bond motifs is 1. The number of nitrogens with two attached hydrogens (primary N) is 1. The zero-order valence-corrected chi connectivity index (χ0v) is 32.8. The van der Waals surface area contributed by atoms with Crippen molar-refractivity contribution < 1.29 is 38.7 Å². The first kappa shape index (κ1) is 43.5. The number of carboxylic acid groups (broad SMARTS) is 1. The number of likely N-dealkylation sites (tertiary alicyclic amines) is 1. The van der Waals surface area contributed by atoms with Crippen LogP contribution in [0.3, 0.4) is 0 Å². The van der Waals surface area contributed by atoms with E-state index in [1.165, 1.54) is 4.90 Å². The minimum atomic E-state index is -1.21. The summed E-state index contributed by atoms with van der Waals surface area (Å²) in [5, 5.41) is 17.3. The second-order valence-electron chi connectivity index (χ2n) is 14.6. The third-order valence-electron chi connectivity index (χ3n) is 10.3. The maximum Gasteiger partial charge on any atom is 0.312 e. The monoisotopic (exact) mass is 792 g/mol. The molecule has 56 heavy (non-hydrogen) atoms. The highest BCUT2D eigenvalue weighted by molar-refractivity contribution is 6.27. The number of allylic oxidation sites excluding steroid dienone is 1. The molecule has 0 bridgehead atoms. The lowest BCUT2D eigenvalue weighted by atomic mass is 9.89. The number of aryl methyl sites for hydroxylation is 1. The molecule has 6 N–H and O–H groups in total. The number of Topliss-reactive ketones (excluding diaryl/α,β-unsaturated/α-hetero) is 1. The maximum atomic E-state index is 14.5. The van der Waals surface area contributed by atoms with E-state index in [1.54, 1.807) is 11.9 Å². The summed E-state index contributed by atoms with van der Waals surface area (Å²) in [5.41, 5.74) is 10.2.